The molecule has 26 heavy (non-hydrogen) atoms. The van der Waals surface area contributed by atoms with Gasteiger partial charge in [0.15, 0.2) is 0 Å². The van der Waals surface area contributed by atoms with Crippen LogP contribution in [0, 0.1) is 5.92 Å². The second-order valence-corrected chi connectivity index (χ2v) is 8.92. The predicted molar refractivity (Wildman–Crippen MR) is 106 cm³/mol. The van der Waals surface area contributed by atoms with Crippen molar-refractivity contribution in [3.63, 3.8) is 0 Å². The zero-order valence-electron chi connectivity index (χ0n) is 16.0. The lowest BCUT2D eigenvalue weighted by Crippen LogP contribution is -2.47. The molecule has 144 valence electrons. The van der Waals surface area contributed by atoms with Gasteiger partial charge in [-0.15, -0.1) is 11.3 Å². The maximum Gasteiger partial charge on any atom is 0.261 e. The van der Waals surface area contributed by atoms with Crippen molar-refractivity contribution in [2.24, 2.45) is 5.92 Å². The molecule has 1 atom stereocenters. The average molecular weight is 378 g/mol. The SMILES string of the molecule is CCCNC(=O)CN1CCC(NC(=O)c2cc3c(s2)CCC(C)C3)CC1. The van der Waals surface area contributed by atoms with E-state index in [0.717, 1.165) is 62.5 Å². The van der Waals surface area contributed by atoms with Gasteiger partial charge in [-0.3, -0.25) is 14.5 Å². The first-order chi connectivity index (χ1) is 12.5. The van der Waals surface area contributed by atoms with E-state index in [1.165, 1.54) is 16.9 Å². The highest BCUT2D eigenvalue weighted by Gasteiger charge is 2.25. The summed E-state index contributed by atoms with van der Waals surface area (Å²) in [5.41, 5.74) is 1.38. The summed E-state index contributed by atoms with van der Waals surface area (Å²) in [6, 6.07) is 2.33. The molecule has 5 nitrogen and oxygen atoms in total. The zero-order chi connectivity index (χ0) is 18.5. The van der Waals surface area contributed by atoms with Gasteiger partial charge in [-0.25, -0.2) is 0 Å². The summed E-state index contributed by atoms with van der Waals surface area (Å²) >= 11 is 1.68. The molecule has 1 unspecified atom stereocenters. The molecule has 1 aromatic rings. The Labute approximate surface area is 160 Å². The highest BCUT2D eigenvalue weighted by Crippen LogP contribution is 2.32. The molecule has 0 bridgehead atoms. The second kappa shape index (κ2) is 9.00. The molecule has 1 aliphatic heterocycles. The largest absolute Gasteiger partial charge is 0.355 e. The number of hydrogen-bond donors (Lipinski definition) is 2. The minimum atomic E-state index is 0.0798. The van der Waals surface area contributed by atoms with E-state index < -0.39 is 0 Å². The molecule has 0 saturated carbocycles. The number of carbonyl (C=O) groups excluding carboxylic acids is 2. The number of piperidine rings is 1. The molecule has 2 amide bonds. The molecule has 6 heteroatoms. The van der Waals surface area contributed by atoms with Crippen LogP contribution in [0.15, 0.2) is 6.07 Å². The van der Waals surface area contributed by atoms with Crippen LogP contribution >= 0.6 is 11.3 Å². The summed E-state index contributed by atoms with van der Waals surface area (Å²) in [4.78, 5) is 28.9. The number of hydrogen-bond acceptors (Lipinski definition) is 4. The number of nitrogens with zero attached hydrogens (tertiary/aromatic N) is 1. The fraction of sp³-hybridized carbons (Fsp3) is 0.700. The minimum absolute atomic E-state index is 0.0798. The highest BCUT2D eigenvalue weighted by molar-refractivity contribution is 7.14. The quantitative estimate of drug-likeness (QED) is 0.801. The molecule has 0 aromatic carbocycles. The van der Waals surface area contributed by atoms with Crippen LogP contribution in [0.4, 0.5) is 0 Å². The number of likely N-dealkylation sites (tertiary alicyclic amines) is 1. The fourth-order valence-corrected chi connectivity index (χ4v) is 4.94. The lowest BCUT2D eigenvalue weighted by atomic mass is 9.90. The van der Waals surface area contributed by atoms with Gasteiger partial charge in [0.2, 0.25) is 5.91 Å². The van der Waals surface area contributed by atoms with Crippen molar-refractivity contribution in [1.82, 2.24) is 15.5 Å². The number of aryl methyl sites for hydroxylation is 1. The number of amides is 2. The molecule has 3 rings (SSSR count). The van der Waals surface area contributed by atoms with E-state index in [-0.39, 0.29) is 17.9 Å². The lowest BCUT2D eigenvalue weighted by Gasteiger charge is -2.31. The Bertz CT molecular complexity index is 635. The van der Waals surface area contributed by atoms with Gasteiger partial charge >= 0.3 is 0 Å². The molecule has 2 aliphatic rings. The van der Waals surface area contributed by atoms with Crippen molar-refractivity contribution in [1.29, 1.82) is 0 Å². The van der Waals surface area contributed by atoms with Crippen molar-refractivity contribution in [2.45, 2.75) is 58.4 Å². The van der Waals surface area contributed by atoms with Gasteiger partial charge < -0.3 is 10.6 Å². The molecule has 0 spiro atoms. The maximum atomic E-state index is 12.6. The normalized spacial score (nSPS) is 21.2. The minimum Gasteiger partial charge on any atom is -0.355 e. The Morgan fingerprint density at radius 1 is 1.27 bits per heavy atom. The third-order valence-electron chi connectivity index (χ3n) is 5.42. The van der Waals surface area contributed by atoms with E-state index in [4.69, 9.17) is 0 Å². The van der Waals surface area contributed by atoms with Gasteiger partial charge in [0.05, 0.1) is 11.4 Å². The third kappa shape index (κ3) is 5.07. The smallest absolute Gasteiger partial charge is 0.261 e. The van der Waals surface area contributed by atoms with Gasteiger partial charge in [-0.05, 0) is 56.1 Å². The van der Waals surface area contributed by atoms with E-state index >= 15 is 0 Å². The van der Waals surface area contributed by atoms with Crippen LogP contribution in [-0.2, 0) is 17.6 Å². The number of thiophene rings is 1. The molecule has 0 radical (unpaired) electrons. The maximum absolute atomic E-state index is 12.6. The monoisotopic (exact) mass is 377 g/mol. The van der Waals surface area contributed by atoms with Crippen LogP contribution in [0.1, 0.15) is 59.6 Å². The van der Waals surface area contributed by atoms with Crippen LogP contribution in [-0.4, -0.2) is 48.9 Å². The Hall–Kier alpha value is -1.40. The summed E-state index contributed by atoms with van der Waals surface area (Å²) in [6.07, 6.45) is 6.25. The van der Waals surface area contributed by atoms with Gasteiger partial charge in [0.25, 0.3) is 5.91 Å². The molecule has 1 aliphatic carbocycles. The van der Waals surface area contributed by atoms with Crippen LogP contribution < -0.4 is 10.6 Å². The Kier molecular flexibility index (Phi) is 6.70. The molecule has 1 fully saturated rings. The fourth-order valence-electron chi connectivity index (χ4n) is 3.83. The first-order valence-corrected chi connectivity index (χ1v) is 10.8. The van der Waals surface area contributed by atoms with E-state index in [1.807, 2.05) is 0 Å². The molecular formula is C20H31N3O2S. The molecule has 1 aromatic heterocycles. The summed E-state index contributed by atoms with van der Waals surface area (Å²) in [6.45, 7) is 7.28. The number of rotatable bonds is 6. The molecular weight excluding hydrogens is 346 g/mol. The highest BCUT2D eigenvalue weighted by atomic mass is 32.1. The average Bonchev–Trinajstić information content (AvgIpc) is 3.05. The van der Waals surface area contributed by atoms with Crippen molar-refractivity contribution in [2.75, 3.05) is 26.2 Å². The summed E-state index contributed by atoms with van der Waals surface area (Å²) in [5.74, 6) is 0.913. The van der Waals surface area contributed by atoms with Gasteiger partial charge in [0, 0.05) is 30.6 Å². The summed E-state index contributed by atoms with van der Waals surface area (Å²) in [5, 5.41) is 6.13. The first kappa shape index (κ1) is 19.4. The third-order valence-corrected chi connectivity index (χ3v) is 6.65. The van der Waals surface area contributed by atoms with Crippen molar-refractivity contribution in [3.05, 3.63) is 21.4 Å². The summed E-state index contributed by atoms with van der Waals surface area (Å²) in [7, 11) is 0. The van der Waals surface area contributed by atoms with Gasteiger partial charge in [0.1, 0.15) is 0 Å². The van der Waals surface area contributed by atoms with E-state index in [9.17, 15) is 9.59 Å². The summed E-state index contributed by atoms with van der Waals surface area (Å²) < 4.78 is 0. The van der Waals surface area contributed by atoms with Crippen LogP contribution in [0.2, 0.25) is 0 Å². The zero-order valence-corrected chi connectivity index (χ0v) is 16.8. The number of fused-ring (bicyclic) bond motifs is 1. The lowest BCUT2D eigenvalue weighted by molar-refractivity contribution is -0.122. The van der Waals surface area contributed by atoms with E-state index in [2.05, 4.69) is 35.4 Å². The van der Waals surface area contributed by atoms with Crippen LogP contribution in [0.3, 0.4) is 0 Å². The van der Waals surface area contributed by atoms with E-state index in [0.29, 0.717) is 6.54 Å². The van der Waals surface area contributed by atoms with Crippen LogP contribution in [0.5, 0.6) is 0 Å². The Balaban J connectivity index is 1.44. The van der Waals surface area contributed by atoms with Crippen LogP contribution in [0.25, 0.3) is 0 Å². The Morgan fingerprint density at radius 2 is 2.04 bits per heavy atom. The van der Waals surface area contributed by atoms with Crippen molar-refractivity contribution < 1.29 is 9.59 Å². The molecule has 2 N–H and O–H groups in total. The van der Waals surface area contributed by atoms with Crippen molar-refractivity contribution in [3.8, 4) is 0 Å². The second-order valence-electron chi connectivity index (χ2n) is 7.78. The first-order valence-electron chi connectivity index (χ1n) is 9.96. The van der Waals surface area contributed by atoms with Gasteiger partial charge in [-0.1, -0.05) is 13.8 Å². The standard InChI is InChI=1S/C20H31N3O2S/c1-3-8-21-19(24)13-23-9-6-16(7-10-23)22-20(25)18-12-15-11-14(2)4-5-17(15)26-18/h12,14,16H,3-11,13H2,1-2H3,(H,21,24)(H,22,25). The Morgan fingerprint density at radius 3 is 2.77 bits per heavy atom. The van der Waals surface area contributed by atoms with E-state index in [1.54, 1.807) is 11.3 Å². The predicted octanol–water partition coefficient (Wildman–Crippen LogP) is 2.59. The molecule has 2 heterocycles. The van der Waals surface area contributed by atoms with Gasteiger partial charge in [-0.2, -0.15) is 0 Å². The van der Waals surface area contributed by atoms with Crippen molar-refractivity contribution >= 4 is 23.2 Å². The molecule has 1 saturated heterocycles. The number of carbonyl (C=O) groups is 2. The number of nitrogens with one attached hydrogen (secondary N) is 2. The topological polar surface area (TPSA) is 61.4 Å².